The average Bonchev–Trinajstić information content (AvgIpc) is 2.36. The molecule has 0 aromatic carbocycles. The Morgan fingerprint density at radius 2 is 2.00 bits per heavy atom. The Hall–Kier alpha value is -0.120. The first-order valence-electron chi connectivity index (χ1n) is 7.04. The lowest BCUT2D eigenvalue weighted by Gasteiger charge is -2.49. The maximum Gasteiger partial charge on any atom is 0.0509 e. The monoisotopic (exact) mass is 242 g/mol. The van der Waals surface area contributed by atoms with E-state index in [2.05, 4.69) is 45.2 Å². The summed E-state index contributed by atoms with van der Waals surface area (Å²) < 4.78 is 5.67. The van der Waals surface area contributed by atoms with Crippen LogP contribution in [0.15, 0.2) is 0 Å². The fourth-order valence-corrected chi connectivity index (χ4v) is 3.57. The first-order chi connectivity index (χ1) is 8.12. The summed E-state index contributed by atoms with van der Waals surface area (Å²) in [4.78, 5) is 2.41. The first-order valence-corrected chi connectivity index (χ1v) is 7.04. The molecule has 3 heteroatoms. The predicted octanol–water partition coefficient (Wildman–Crippen LogP) is 2.12. The third-order valence-corrected chi connectivity index (χ3v) is 4.67. The molecule has 0 radical (unpaired) electrons. The summed E-state index contributed by atoms with van der Waals surface area (Å²) in [6.45, 7) is 6.47. The van der Waals surface area contributed by atoms with E-state index in [0.717, 1.165) is 13.2 Å². The van der Waals surface area contributed by atoms with Crippen LogP contribution in [0.1, 0.15) is 39.5 Å². The number of hydrogen-bond acceptors (Lipinski definition) is 3. The second-order valence-electron chi connectivity index (χ2n) is 5.45. The topological polar surface area (TPSA) is 24.5 Å². The van der Waals surface area contributed by atoms with Gasteiger partial charge in [-0.1, -0.05) is 13.8 Å². The van der Waals surface area contributed by atoms with Gasteiger partial charge in [-0.05, 0) is 52.7 Å². The first kappa shape index (κ1) is 14.9. The maximum absolute atomic E-state index is 5.67. The van der Waals surface area contributed by atoms with Crippen LogP contribution in [0, 0.1) is 5.92 Å². The lowest BCUT2D eigenvalue weighted by atomic mass is 9.75. The molecule has 2 unspecified atom stereocenters. The molecule has 0 bridgehead atoms. The van der Waals surface area contributed by atoms with Gasteiger partial charge in [0, 0.05) is 18.2 Å². The van der Waals surface area contributed by atoms with E-state index in [9.17, 15) is 0 Å². The molecule has 0 aliphatic carbocycles. The minimum absolute atomic E-state index is 0.250. The van der Waals surface area contributed by atoms with E-state index in [1.165, 1.54) is 25.7 Å². The molecule has 17 heavy (non-hydrogen) atoms. The Morgan fingerprint density at radius 1 is 1.35 bits per heavy atom. The van der Waals surface area contributed by atoms with Crippen molar-refractivity contribution in [3.8, 4) is 0 Å². The van der Waals surface area contributed by atoms with E-state index in [1.807, 2.05) is 0 Å². The van der Waals surface area contributed by atoms with Crippen LogP contribution in [0.2, 0.25) is 0 Å². The quantitative estimate of drug-likeness (QED) is 0.772. The van der Waals surface area contributed by atoms with Crippen LogP contribution in [-0.4, -0.2) is 50.8 Å². The van der Waals surface area contributed by atoms with Crippen LogP contribution < -0.4 is 5.32 Å². The summed E-state index contributed by atoms with van der Waals surface area (Å²) in [5.74, 6) is 0.649. The Bertz CT molecular complexity index is 208. The number of rotatable bonds is 6. The van der Waals surface area contributed by atoms with Gasteiger partial charge in [-0.2, -0.15) is 0 Å². The molecule has 1 aliphatic heterocycles. The van der Waals surface area contributed by atoms with E-state index in [-0.39, 0.29) is 5.54 Å². The van der Waals surface area contributed by atoms with Gasteiger partial charge < -0.3 is 15.0 Å². The van der Waals surface area contributed by atoms with Crippen LogP contribution >= 0.6 is 0 Å². The van der Waals surface area contributed by atoms with Gasteiger partial charge in [-0.3, -0.25) is 0 Å². The number of nitrogens with zero attached hydrogens (tertiary/aromatic N) is 1. The van der Waals surface area contributed by atoms with Crippen molar-refractivity contribution in [2.24, 2.45) is 5.92 Å². The van der Waals surface area contributed by atoms with Crippen molar-refractivity contribution in [3.63, 3.8) is 0 Å². The lowest BCUT2D eigenvalue weighted by Crippen LogP contribution is -2.61. The van der Waals surface area contributed by atoms with Crippen LogP contribution in [-0.2, 0) is 4.74 Å². The van der Waals surface area contributed by atoms with E-state index >= 15 is 0 Å². The van der Waals surface area contributed by atoms with Crippen molar-refractivity contribution in [1.82, 2.24) is 10.2 Å². The molecule has 0 amide bonds. The molecule has 2 atom stereocenters. The van der Waals surface area contributed by atoms with Gasteiger partial charge in [0.15, 0.2) is 0 Å². The Kier molecular flexibility index (Phi) is 5.90. The van der Waals surface area contributed by atoms with E-state index < -0.39 is 0 Å². The van der Waals surface area contributed by atoms with Crippen molar-refractivity contribution in [2.75, 3.05) is 34.4 Å². The fourth-order valence-electron chi connectivity index (χ4n) is 3.57. The highest BCUT2D eigenvalue weighted by atomic mass is 16.5. The van der Waals surface area contributed by atoms with Crippen LogP contribution in [0.25, 0.3) is 0 Å². The third-order valence-electron chi connectivity index (χ3n) is 4.67. The molecule has 1 rings (SSSR count). The van der Waals surface area contributed by atoms with E-state index in [0.29, 0.717) is 12.0 Å². The minimum atomic E-state index is 0.250. The third kappa shape index (κ3) is 3.01. The molecule has 1 N–H and O–H groups in total. The van der Waals surface area contributed by atoms with Gasteiger partial charge >= 0.3 is 0 Å². The highest BCUT2D eigenvalue weighted by Crippen LogP contribution is 2.33. The highest BCUT2D eigenvalue weighted by Gasteiger charge is 2.41. The molecule has 0 saturated carbocycles. The zero-order valence-electron chi connectivity index (χ0n) is 12.3. The Labute approximate surface area is 107 Å². The molecule has 0 spiro atoms. The molecule has 1 heterocycles. The van der Waals surface area contributed by atoms with Crippen LogP contribution in [0.3, 0.4) is 0 Å². The van der Waals surface area contributed by atoms with Crippen molar-refractivity contribution in [3.05, 3.63) is 0 Å². The Morgan fingerprint density at radius 3 is 2.35 bits per heavy atom. The molecule has 1 aliphatic rings. The molecule has 0 aromatic heterocycles. The van der Waals surface area contributed by atoms with Crippen molar-refractivity contribution >= 4 is 0 Å². The molecular weight excluding hydrogens is 212 g/mol. The molecular formula is C14H30N2O. The van der Waals surface area contributed by atoms with Gasteiger partial charge in [0.2, 0.25) is 0 Å². The van der Waals surface area contributed by atoms with E-state index in [1.54, 1.807) is 0 Å². The normalized spacial score (nSPS) is 24.0. The standard InChI is InChI=1S/C14H30N2O/c1-6-14(7-2,16(4)5)13(15-3)12-9-8-10-17-11-12/h12-13,15H,6-11H2,1-5H3. The second-order valence-corrected chi connectivity index (χ2v) is 5.45. The van der Waals surface area contributed by atoms with Crippen LogP contribution in [0.5, 0.6) is 0 Å². The molecule has 102 valence electrons. The molecule has 1 fully saturated rings. The number of hydrogen-bond donors (Lipinski definition) is 1. The van der Waals surface area contributed by atoms with Gasteiger partial charge in [0.25, 0.3) is 0 Å². The minimum Gasteiger partial charge on any atom is -0.381 e. The van der Waals surface area contributed by atoms with Crippen molar-refractivity contribution in [2.45, 2.75) is 51.1 Å². The van der Waals surface area contributed by atoms with Gasteiger partial charge in [0.05, 0.1) is 6.61 Å². The summed E-state index contributed by atoms with van der Waals surface area (Å²) >= 11 is 0. The zero-order chi connectivity index (χ0) is 12.9. The van der Waals surface area contributed by atoms with Gasteiger partial charge in [-0.15, -0.1) is 0 Å². The Balaban J connectivity index is 2.87. The van der Waals surface area contributed by atoms with Crippen molar-refractivity contribution < 1.29 is 4.74 Å². The lowest BCUT2D eigenvalue weighted by molar-refractivity contribution is -0.00779. The molecule has 0 aromatic rings. The summed E-state index contributed by atoms with van der Waals surface area (Å²) in [6.07, 6.45) is 4.86. The van der Waals surface area contributed by atoms with Crippen molar-refractivity contribution in [1.29, 1.82) is 0 Å². The largest absolute Gasteiger partial charge is 0.381 e. The van der Waals surface area contributed by atoms with Gasteiger partial charge in [-0.25, -0.2) is 0 Å². The highest BCUT2D eigenvalue weighted by molar-refractivity contribution is 5.00. The predicted molar refractivity (Wildman–Crippen MR) is 73.4 cm³/mol. The number of likely N-dealkylation sites (N-methyl/N-ethyl adjacent to an activating group) is 2. The number of ether oxygens (including phenoxy) is 1. The number of nitrogens with one attached hydrogen (secondary N) is 1. The summed E-state index contributed by atoms with van der Waals surface area (Å²) in [6, 6.07) is 0.521. The van der Waals surface area contributed by atoms with E-state index in [4.69, 9.17) is 4.74 Å². The summed E-state index contributed by atoms with van der Waals surface area (Å²) in [5.41, 5.74) is 0.250. The maximum atomic E-state index is 5.67. The van der Waals surface area contributed by atoms with Gasteiger partial charge in [0.1, 0.15) is 0 Å². The second kappa shape index (κ2) is 6.72. The smallest absolute Gasteiger partial charge is 0.0509 e. The average molecular weight is 242 g/mol. The zero-order valence-corrected chi connectivity index (χ0v) is 12.3. The summed E-state index contributed by atoms with van der Waals surface area (Å²) in [5, 5.41) is 3.57. The summed E-state index contributed by atoms with van der Waals surface area (Å²) in [7, 11) is 6.52. The molecule has 3 nitrogen and oxygen atoms in total. The SMILES string of the molecule is CCC(CC)(C(NC)C1CCCOC1)N(C)C. The molecule has 1 saturated heterocycles. The van der Waals surface area contributed by atoms with Crippen LogP contribution in [0.4, 0.5) is 0 Å². The fraction of sp³-hybridized carbons (Fsp3) is 1.00.